The molecule has 0 spiro atoms. The summed E-state index contributed by atoms with van der Waals surface area (Å²) in [5.74, 6) is 0.456. The number of fused-ring (bicyclic) bond motifs is 1. The maximum absolute atomic E-state index is 11.7. The molecule has 0 fully saturated rings. The van der Waals surface area contributed by atoms with Gasteiger partial charge in [0.05, 0.1) is 30.8 Å². The molecule has 0 saturated heterocycles. The van der Waals surface area contributed by atoms with Crippen LogP contribution in [-0.4, -0.2) is 28.7 Å². The lowest BCUT2D eigenvalue weighted by Gasteiger charge is -2.20. The van der Waals surface area contributed by atoms with Crippen molar-refractivity contribution in [1.82, 2.24) is 0 Å². The zero-order chi connectivity index (χ0) is 13.1. The molecule has 0 radical (unpaired) electrons. The number of benzene rings is 1. The average Bonchev–Trinajstić information content (AvgIpc) is 2.38. The number of ketones is 1. The monoisotopic (exact) mass is 247 g/mol. The number of aliphatic hydroxyl groups excluding tert-OH is 2. The molecule has 18 heavy (non-hydrogen) atoms. The number of aliphatic hydroxyl groups is 2. The summed E-state index contributed by atoms with van der Waals surface area (Å²) in [5, 5.41) is 27.9. The van der Waals surface area contributed by atoms with Gasteiger partial charge >= 0.3 is 0 Å². The summed E-state index contributed by atoms with van der Waals surface area (Å²) < 4.78 is 5.32. The van der Waals surface area contributed by atoms with Crippen molar-refractivity contribution in [2.75, 3.05) is 6.61 Å². The second-order valence-corrected chi connectivity index (χ2v) is 4.15. The quantitative estimate of drug-likeness (QED) is 0.830. The van der Waals surface area contributed by atoms with Gasteiger partial charge in [-0.15, -0.1) is 0 Å². The molecule has 1 aromatic rings. The van der Waals surface area contributed by atoms with Crippen LogP contribution in [0.3, 0.4) is 0 Å². The Labute approximate surface area is 104 Å². The zero-order valence-corrected chi connectivity index (χ0v) is 9.67. The molecule has 0 amide bonds. The summed E-state index contributed by atoms with van der Waals surface area (Å²) in [6.45, 7) is 0.366. The summed E-state index contributed by atoms with van der Waals surface area (Å²) in [6.07, 6.45) is -2.19. The molecule has 0 bridgehead atoms. The molecule has 2 N–H and O–H groups in total. The normalized spacial score (nSPS) is 17.3. The Morgan fingerprint density at radius 3 is 2.94 bits per heavy atom. The molecule has 0 saturated carbocycles. The average molecular weight is 247 g/mol. The van der Waals surface area contributed by atoms with E-state index in [0.717, 1.165) is 0 Å². The highest BCUT2D eigenvalue weighted by Gasteiger charge is 2.23. The first kappa shape index (κ1) is 12.6. The van der Waals surface area contributed by atoms with Crippen LogP contribution in [0.5, 0.6) is 5.75 Å². The molecule has 94 valence electrons. The Bertz CT molecular complexity index is 506. The van der Waals surface area contributed by atoms with E-state index in [2.05, 4.69) is 0 Å². The van der Waals surface area contributed by atoms with Gasteiger partial charge in [-0.2, -0.15) is 5.26 Å². The number of rotatable bonds is 3. The van der Waals surface area contributed by atoms with E-state index < -0.39 is 12.2 Å². The molecule has 1 aliphatic rings. The van der Waals surface area contributed by atoms with Gasteiger partial charge in [0, 0.05) is 6.42 Å². The lowest BCUT2D eigenvalue weighted by molar-refractivity contribution is 0.0215. The number of nitrogens with zero attached hydrogens (tertiary/aromatic N) is 1. The molecule has 2 unspecified atom stereocenters. The van der Waals surface area contributed by atoms with Crippen molar-refractivity contribution in [3.63, 3.8) is 0 Å². The number of hydrogen-bond donors (Lipinski definition) is 2. The standard InChI is InChI=1S/C13H13NO4/c14-5-3-11(16)13(17)8-1-2-12-9(7-8)10(15)4-6-18-12/h1-2,7,11,13,16-17H,3-4,6H2. The zero-order valence-electron chi connectivity index (χ0n) is 9.67. The highest BCUT2D eigenvalue weighted by molar-refractivity contribution is 5.99. The van der Waals surface area contributed by atoms with Crippen LogP contribution in [-0.2, 0) is 0 Å². The molecular formula is C13H13NO4. The van der Waals surface area contributed by atoms with Gasteiger partial charge in [-0.25, -0.2) is 0 Å². The van der Waals surface area contributed by atoms with E-state index in [1.165, 1.54) is 6.07 Å². The van der Waals surface area contributed by atoms with E-state index in [4.69, 9.17) is 10.00 Å². The maximum atomic E-state index is 11.7. The Kier molecular flexibility index (Phi) is 3.60. The fourth-order valence-electron chi connectivity index (χ4n) is 1.89. The largest absolute Gasteiger partial charge is 0.492 e. The van der Waals surface area contributed by atoms with Crippen molar-refractivity contribution in [2.45, 2.75) is 25.0 Å². The molecule has 0 aliphatic carbocycles. The second-order valence-electron chi connectivity index (χ2n) is 4.15. The Morgan fingerprint density at radius 1 is 1.44 bits per heavy atom. The highest BCUT2D eigenvalue weighted by Crippen LogP contribution is 2.29. The molecule has 0 aromatic heterocycles. The van der Waals surface area contributed by atoms with Gasteiger partial charge in [-0.3, -0.25) is 4.79 Å². The Morgan fingerprint density at radius 2 is 2.22 bits per heavy atom. The predicted octanol–water partition coefficient (Wildman–Crippen LogP) is 0.960. The Balaban J connectivity index is 2.28. The van der Waals surface area contributed by atoms with Crippen LogP contribution in [0.4, 0.5) is 0 Å². The summed E-state index contributed by atoms with van der Waals surface area (Å²) >= 11 is 0. The topological polar surface area (TPSA) is 90.5 Å². The third-order valence-electron chi connectivity index (χ3n) is 2.90. The van der Waals surface area contributed by atoms with Crippen LogP contribution >= 0.6 is 0 Å². The second kappa shape index (κ2) is 5.17. The van der Waals surface area contributed by atoms with E-state index >= 15 is 0 Å². The first-order valence-corrected chi connectivity index (χ1v) is 5.66. The number of nitriles is 1. The molecule has 1 aliphatic heterocycles. The smallest absolute Gasteiger partial charge is 0.170 e. The van der Waals surface area contributed by atoms with Crippen LogP contribution in [0.15, 0.2) is 18.2 Å². The molecule has 5 nitrogen and oxygen atoms in total. The van der Waals surface area contributed by atoms with Crippen LogP contribution in [0.1, 0.15) is 34.9 Å². The Hall–Kier alpha value is -1.90. The van der Waals surface area contributed by atoms with Crippen molar-refractivity contribution < 1.29 is 19.7 Å². The van der Waals surface area contributed by atoms with Crippen LogP contribution < -0.4 is 4.74 Å². The molecule has 1 heterocycles. The minimum Gasteiger partial charge on any atom is -0.492 e. The highest BCUT2D eigenvalue weighted by atomic mass is 16.5. The van der Waals surface area contributed by atoms with Gasteiger partial charge in [0.2, 0.25) is 0 Å². The first-order valence-electron chi connectivity index (χ1n) is 5.66. The van der Waals surface area contributed by atoms with Gasteiger partial charge in [-0.1, -0.05) is 6.07 Å². The van der Waals surface area contributed by atoms with E-state index in [0.29, 0.717) is 29.9 Å². The number of carbonyl (C=O) groups is 1. The summed E-state index contributed by atoms with van der Waals surface area (Å²) in [6, 6.07) is 6.49. The van der Waals surface area contributed by atoms with Crippen molar-refractivity contribution in [3.05, 3.63) is 29.3 Å². The van der Waals surface area contributed by atoms with Gasteiger partial charge in [0.15, 0.2) is 5.78 Å². The van der Waals surface area contributed by atoms with Crippen molar-refractivity contribution in [2.24, 2.45) is 0 Å². The minimum absolute atomic E-state index is 0.0416. The molecule has 1 aromatic carbocycles. The molecule has 2 atom stereocenters. The van der Waals surface area contributed by atoms with Crippen molar-refractivity contribution in [3.8, 4) is 11.8 Å². The summed E-state index contributed by atoms with van der Waals surface area (Å²) in [4.78, 5) is 11.7. The number of ether oxygens (including phenoxy) is 1. The fraction of sp³-hybridized carbons (Fsp3) is 0.385. The van der Waals surface area contributed by atoms with E-state index in [1.807, 2.05) is 0 Å². The lowest BCUT2D eigenvalue weighted by Crippen LogP contribution is -2.20. The third kappa shape index (κ3) is 2.35. The third-order valence-corrected chi connectivity index (χ3v) is 2.90. The van der Waals surface area contributed by atoms with Crippen LogP contribution in [0.2, 0.25) is 0 Å². The van der Waals surface area contributed by atoms with Crippen LogP contribution in [0.25, 0.3) is 0 Å². The number of Topliss-reactive ketones (excluding diaryl/α,β-unsaturated/α-hetero) is 1. The molecular weight excluding hydrogens is 234 g/mol. The molecule has 2 rings (SSSR count). The summed E-state index contributed by atoms with van der Waals surface area (Å²) in [7, 11) is 0. The van der Waals surface area contributed by atoms with Crippen LogP contribution in [0, 0.1) is 11.3 Å². The van der Waals surface area contributed by atoms with Gasteiger partial charge in [0.25, 0.3) is 0 Å². The van der Waals surface area contributed by atoms with Gasteiger partial charge in [0.1, 0.15) is 11.9 Å². The minimum atomic E-state index is -1.18. The van der Waals surface area contributed by atoms with E-state index in [9.17, 15) is 15.0 Å². The first-order chi connectivity index (χ1) is 8.63. The predicted molar refractivity (Wildman–Crippen MR) is 62.1 cm³/mol. The molecule has 5 heteroatoms. The number of hydrogen-bond acceptors (Lipinski definition) is 5. The summed E-state index contributed by atoms with van der Waals surface area (Å²) in [5.41, 5.74) is 0.831. The lowest BCUT2D eigenvalue weighted by atomic mass is 9.97. The number of carbonyl (C=O) groups excluding carboxylic acids is 1. The van der Waals surface area contributed by atoms with E-state index in [1.54, 1.807) is 18.2 Å². The van der Waals surface area contributed by atoms with Gasteiger partial charge < -0.3 is 14.9 Å². The van der Waals surface area contributed by atoms with Crippen molar-refractivity contribution >= 4 is 5.78 Å². The van der Waals surface area contributed by atoms with E-state index in [-0.39, 0.29) is 12.2 Å². The maximum Gasteiger partial charge on any atom is 0.170 e. The van der Waals surface area contributed by atoms with Gasteiger partial charge in [-0.05, 0) is 17.7 Å². The SMILES string of the molecule is N#CCC(O)C(O)c1ccc2c(c1)C(=O)CCO2. The van der Waals surface area contributed by atoms with Crippen molar-refractivity contribution in [1.29, 1.82) is 5.26 Å². The fourth-order valence-corrected chi connectivity index (χ4v) is 1.89.